The molecule has 0 aliphatic carbocycles. The molecular weight excluding hydrogens is 252 g/mol. The van der Waals surface area contributed by atoms with Gasteiger partial charge >= 0.3 is 17.8 Å². The Labute approximate surface area is 107 Å². The summed E-state index contributed by atoms with van der Waals surface area (Å²) < 4.78 is 0. The second-order valence-corrected chi connectivity index (χ2v) is 3.86. The second-order valence-electron chi connectivity index (χ2n) is 3.86. The van der Waals surface area contributed by atoms with Gasteiger partial charge in [0.25, 0.3) is 5.78 Å². The van der Waals surface area contributed by atoms with E-state index in [4.69, 9.17) is 5.11 Å². The van der Waals surface area contributed by atoms with Crippen LogP contribution in [0.1, 0.15) is 10.4 Å². The van der Waals surface area contributed by atoms with E-state index in [9.17, 15) is 19.2 Å². The number of Topliss-reactive ketones (excluding diaryl/α,β-unsaturated/α-hetero) is 1. The molecule has 0 atom stereocenters. The Morgan fingerprint density at radius 2 is 1.89 bits per heavy atom. The van der Waals surface area contributed by atoms with Crippen LogP contribution in [-0.2, 0) is 14.4 Å². The van der Waals surface area contributed by atoms with Crippen LogP contribution in [0, 0.1) is 0 Å². The third-order valence-corrected chi connectivity index (χ3v) is 2.69. The van der Waals surface area contributed by atoms with Gasteiger partial charge in [0, 0.05) is 13.1 Å². The minimum Gasteiger partial charge on any atom is -0.475 e. The third-order valence-electron chi connectivity index (χ3n) is 2.69. The predicted molar refractivity (Wildman–Crippen MR) is 63.8 cm³/mol. The second kappa shape index (κ2) is 4.89. The standard InChI is InChI=1S/C12H10N2O5/c15-9(12(18)19)7-3-1-2-4-8(7)14-6-5-13-10(16)11(14)17/h1-4H,5-6H2,(H,13,16)(H,18,19). The Hall–Kier alpha value is -2.70. The van der Waals surface area contributed by atoms with Crippen LogP contribution < -0.4 is 10.2 Å². The molecule has 1 aromatic rings. The lowest BCUT2D eigenvalue weighted by Crippen LogP contribution is -2.52. The minimum absolute atomic E-state index is 0.113. The molecule has 1 heterocycles. The largest absolute Gasteiger partial charge is 0.475 e. The van der Waals surface area contributed by atoms with Crippen molar-refractivity contribution in [2.24, 2.45) is 0 Å². The summed E-state index contributed by atoms with van der Waals surface area (Å²) in [6.07, 6.45) is 0. The highest BCUT2D eigenvalue weighted by atomic mass is 16.4. The first-order valence-corrected chi connectivity index (χ1v) is 5.48. The Balaban J connectivity index is 2.45. The highest BCUT2D eigenvalue weighted by Crippen LogP contribution is 2.22. The highest BCUT2D eigenvalue weighted by molar-refractivity contribution is 6.44. The van der Waals surface area contributed by atoms with Crippen molar-refractivity contribution in [1.82, 2.24) is 5.32 Å². The number of nitrogens with zero attached hydrogens (tertiary/aromatic N) is 1. The molecule has 0 bridgehead atoms. The Kier molecular flexibility index (Phi) is 3.28. The molecule has 19 heavy (non-hydrogen) atoms. The lowest BCUT2D eigenvalue weighted by molar-refractivity contribution is -0.138. The van der Waals surface area contributed by atoms with Gasteiger partial charge < -0.3 is 15.3 Å². The molecule has 1 aliphatic rings. The molecule has 1 fully saturated rings. The number of benzene rings is 1. The number of hydrogen-bond acceptors (Lipinski definition) is 4. The Bertz CT molecular complexity index is 581. The zero-order chi connectivity index (χ0) is 14.0. The SMILES string of the molecule is O=C(O)C(=O)c1ccccc1N1CCNC(=O)C1=O. The zero-order valence-corrected chi connectivity index (χ0v) is 9.75. The molecule has 0 radical (unpaired) electrons. The van der Waals surface area contributed by atoms with Gasteiger partial charge in [-0.3, -0.25) is 14.4 Å². The van der Waals surface area contributed by atoms with Crippen molar-refractivity contribution in [3.05, 3.63) is 29.8 Å². The molecule has 0 saturated carbocycles. The Morgan fingerprint density at radius 3 is 2.58 bits per heavy atom. The number of carboxylic acid groups (broad SMARTS) is 1. The average molecular weight is 262 g/mol. The van der Waals surface area contributed by atoms with E-state index in [-0.39, 0.29) is 24.3 Å². The number of piperazine rings is 1. The van der Waals surface area contributed by atoms with E-state index < -0.39 is 23.6 Å². The Morgan fingerprint density at radius 1 is 1.21 bits per heavy atom. The summed E-state index contributed by atoms with van der Waals surface area (Å²) in [5.41, 5.74) is 0.0211. The van der Waals surface area contributed by atoms with E-state index in [0.717, 1.165) is 4.90 Å². The van der Waals surface area contributed by atoms with E-state index in [1.54, 1.807) is 6.07 Å². The number of carboxylic acids is 1. The van der Waals surface area contributed by atoms with Crippen molar-refractivity contribution in [1.29, 1.82) is 0 Å². The van der Waals surface area contributed by atoms with Gasteiger partial charge in [-0.2, -0.15) is 0 Å². The monoisotopic (exact) mass is 262 g/mol. The number of hydrogen-bond donors (Lipinski definition) is 2. The first-order valence-electron chi connectivity index (χ1n) is 5.48. The maximum absolute atomic E-state index is 11.7. The molecule has 2 amide bonds. The summed E-state index contributed by atoms with van der Waals surface area (Å²) in [6.45, 7) is 0.439. The van der Waals surface area contributed by atoms with E-state index in [2.05, 4.69) is 5.32 Å². The fourth-order valence-corrected chi connectivity index (χ4v) is 1.83. The summed E-state index contributed by atoms with van der Waals surface area (Å²) in [5, 5.41) is 11.1. The van der Waals surface area contributed by atoms with Gasteiger partial charge in [-0.05, 0) is 12.1 Å². The van der Waals surface area contributed by atoms with E-state index in [1.807, 2.05) is 0 Å². The summed E-state index contributed by atoms with van der Waals surface area (Å²) in [7, 11) is 0. The number of rotatable bonds is 3. The predicted octanol–water partition coefficient (Wildman–Crippen LogP) is -0.583. The van der Waals surface area contributed by atoms with Crippen LogP contribution in [0.4, 0.5) is 5.69 Å². The molecule has 7 nitrogen and oxygen atoms in total. The van der Waals surface area contributed by atoms with Crippen molar-refractivity contribution >= 4 is 29.3 Å². The molecular formula is C12H10N2O5. The van der Waals surface area contributed by atoms with Crippen molar-refractivity contribution < 1.29 is 24.3 Å². The topological polar surface area (TPSA) is 104 Å². The van der Waals surface area contributed by atoms with Gasteiger partial charge in [-0.25, -0.2) is 4.79 Å². The summed E-state index contributed by atoms with van der Waals surface area (Å²) in [5.74, 6) is -4.31. The molecule has 0 aromatic heterocycles. The molecule has 2 rings (SSSR count). The maximum Gasteiger partial charge on any atom is 0.377 e. The van der Waals surface area contributed by atoms with Crippen LogP contribution in [0.3, 0.4) is 0 Å². The van der Waals surface area contributed by atoms with Crippen LogP contribution >= 0.6 is 0 Å². The number of nitrogens with one attached hydrogen (secondary N) is 1. The molecule has 1 saturated heterocycles. The number of ketones is 1. The normalized spacial score (nSPS) is 15.1. The number of para-hydroxylation sites is 1. The summed E-state index contributed by atoms with van der Waals surface area (Å²) >= 11 is 0. The van der Waals surface area contributed by atoms with Crippen molar-refractivity contribution in [2.75, 3.05) is 18.0 Å². The zero-order valence-electron chi connectivity index (χ0n) is 9.75. The highest BCUT2D eigenvalue weighted by Gasteiger charge is 2.30. The number of carbonyl (C=O) groups is 4. The van der Waals surface area contributed by atoms with Crippen LogP contribution in [-0.4, -0.2) is 41.8 Å². The smallest absolute Gasteiger partial charge is 0.377 e. The lowest BCUT2D eigenvalue weighted by Gasteiger charge is -2.27. The van der Waals surface area contributed by atoms with Crippen LogP contribution in [0.2, 0.25) is 0 Å². The van der Waals surface area contributed by atoms with E-state index in [0.29, 0.717) is 0 Å². The van der Waals surface area contributed by atoms with Gasteiger partial charge in [-0.15, -0.1) is 0 Å². The van der Waals surface area contributed by atoms with Crippen LogP contribution in [0.15, 0.2) is 24.3 Å². The van der Waals surface area contributed by atoms with Gasteiger partial charge in [0.2, 0.25) is 0 Å². The molecule has 1 aromatic carbocycles. The first-order chi connectivity index (χ1) is 9.02. The van der Waals surface area contributed by atoms with E-state index in [1.165, 1.54) is 18.2 Å². The summed E-state index contributed by atoms with van der Waals surface area (Å²) in [4.78, 5) is 46.4. The van der Waals surface area contributed by atoms with Gasteiger partial charge in [0.05, 0.1) is 11.3 Å². The van der Waals surface area contributed by atoms with Crippen molar-refractivity contribution in [3.63, 3.8) is 0 Å². The summed E-state index contributed by atoms with van der Waals surface area (Å²) in [6, 6.07) is 5.81. The maximum atomic E-state index is 11.7. The van der Waals surface area contributed by atoms with Crippen LogP contribution in [0.5, 0.6) is 0 Å². The van der Waals surface area contributed by atoms with E-state index >= 15 is 0 Å². The minimum atomic E-state index is -1.61. The van der Waals surface area contributed by atoms with Crippen LogP contribution in [0.25, 0.3) is 0 Å². The van der Waals surface area contributed by atoms with Gasteiger partial charge in [0.15, 0.2) is 0 Å². The quantitative estimate of drug-likeness (QED) is 0.560. The molecule has 2 N–H and O–H groups in total. The first kappa shape index (κ1) is 12.7. The fourth-order valence-electron chi connectivity index (χ4n) is 1.83. The van der Waals surface area contributed by atoms with Gasteiger partial charge in [0.1, 0.15) is 0 Å². The third kappa shape index (κ3) is 2.30. The number of anilines is 1. The van der Waals surface area contributed by atoms with Gasteiger partial charge in [-0.1, -0.05) is 12.1 Å². The van der Waals surface area contributed by atoms with Crippen molar-refractivity contribution in [2.45, 2.75) is 0 Å². The van der Waals surface area contributed by atoms with Crippen molar-refractivity contribution in [3.8, 4) is 0 Å². The molecule has 0 spiro atoms. The molecule has 7 heteroatoms. The molecule has 1 aliphatic heterocycles. The molecule has 98 valence electrons. The average Bonchev–Trinajstić information content (AvgIpc) is 2.41. The molecule has 0 unspecified atom stereocenters. The lowest BCUT2D eigenvalue weighted by atomic mass is 10.1. The number of aliphatic carboxylic acids is 1. The number of amides is 2. The fraction of sp³-hybridized carbons (Fsp3) is 0.167. The number of carbonyl (C=O) groups excluding carboxylic acids is 3.